The molecule has 0 fully saturated rings. The number of nitrogens with two attached hydrogens (primary N) is 1. The minimum absolute atomic E-state index is 0.394. The normalized spacial score (nSPS) is 11.2. The molecular formula is C15H20BrN3O. The summed E-state index contributed by atoms with van der Waals surface area (Å²) in [7, 11) is 3.68. The van der Waals surface area contributed by atoms with Gasteiger partial charge in [0, 0.05) is 12.6 Å². The van der Waals surface area contributed by atoms with Crippen LogP contribution < -0.4 is 10.5 Å². The van der Waals surface area contributed by atoms with E-state index in [1.807, 2.05) is 23.7 Å². The van der Waals surface area contributed by atoms with Crippen molar-refractivity contribution in [3.8, 4) is 17.0 Å². The van der Waals surface area contributed by atoms with Gasteiger partial charge in [-0.15, -0.1) is 0 Å². The number of hydrogen-bond donors (Lipinski definition) is 1. The molecule has 108 valence electrons. The van der Waals surface area contributed by atoms with Crippen molar-refractivity contribution in [2.24, 2.45) is 12.8 Å². The molecule has 0 saturated carbocycles. The van der Waals surface area contributed by atoms with Gasteiger partial charge in [0.2, 0.25) is 0 Å². The van der Waals surface area contributed by atoms with Gasteiger partial charge in [0.05, 0.1) is 19.3 Å². The largest absolute Gasteiger partial charge is 0.496 e. The Balaban J connectivity index is 2.59. The fourth-order valence-corrected chi connectivity index (χ4v) is 3.04. The SMILES string of the molecule is COc1ccc(-c2c(Br)nc(CN)n2C)cc1C(C)C. The maximum atomic E-state index is 5.71. The molecule has 1 aromatic heterocycles. The number of methoxy groups -OCH3 is 1. The molecule has 0 unspecified atom stereocenters. The topological polar surface area (TPSA) is 53.1 Å². The number of hydrogen-bond acceptors (Lipinski definition) is 3. The molecule has 0 aliphatic heterocycles. The first-order chi connectivity index (χ1) is 9.49. The Kier molecular flexibility index (Phi) is 4.50. The lowest BCUT2D eigenvalue weighted by atomic mass is 9.98. The second-order valence-corrected chi connectivity index (χ2v) is 5.79. The zero-order chi connectivity index (χ0) is 14.9. The molecule has 0 aliphatic rings. The zero-order valence-corrected chi connectivity index (χ0v) is 13.9. The summed E-state index contributed by atoms with van der Waals surface area (Å²) >= 11 is 3.52. The number of aromatic nitrogens is 2. The van der Waals surface area contributed by atoms with E-state index in [-0.39, 0.29) is 0 Å². The van der Waals surface area contributed by atoms with Crippen LogP contribution in [-0.2, 0) is 13.6 Å². The van der Waals surface area contributed by atoms with Crippen LogP contribution in [0.15, 0.2) is 22.8 Å². The molecule has 0 amide bonds. The Morgan fingerprint density at radius 2 is 2.10 bits per heavy atom. The first kappa shape index (κ1) is 15.1. The lowest BCUT2D eigenvalue weighted by Gasteiger charge is -2.14. The minimum atomic E-state index is 0.394. The molecule has 2 rings (SSSR count). The molecule has 0 aliphatic carbocycles. The van der Waals surface area contributed by atoms with E-state index in [9.17, 15) is 0 Å². The standard InChI is InChI=1S/C15H20BrN3O/c1-9(2)11-7-10(5-6-12(11)20-4)14-15(16)18-13(8-17)19(14)3/h5-7,9H,8,17H2,1-4H3. The monoisotopic (exact) mass is 337 g/mol. The van der Waals surface area contributed by atoms with Gasteiger partial charge >= 0.3 is 0 Å². The number of imidazole rings is 1. The summed E-state index contributed by atoms with van der Waals surface area (Å²) in [4.78, 5) is 4.45. The van der Waals surface area contributed by atoms with Gasteiger partial charge in [0.1, 0.15) is 16.2 Å². The highest BCUT2D eigenvalue weighted by molar-refractivity contribution is 9.10. The third-order valence-corrected chi connectivity index (χ3v) is 4.01. The van der Waals surface area contributed by atoms with Crippen molar-refractivity contribution < 1.29 is 4.74 Å². The summed E-state index contributed by atoms with van der Waals surface area (Å²) in [6.07, 6.45) is 0. The van der Waals surface area contributed by atoms with Crippen molar-refractivity contribution in [2.75, 3.05) is 7.11 Å². The number of nitrogens with zero attached hydrogens (tertiary/aromatic N) is 2. The number of rotatable bonds is 4. The number of ether oxygens (including phenoxy) is 1. The van der Waals surface area contributed by atoms with Crippen molar-refractivity contribution >= 4 is 15.9 Å². The molecule has 5 heteroatoms. The molecule has 0 atom stereocenters. The number of halogens is 1. The molecule has 0 saturated heterocycles. The fourth-order valence-electron chi connectivity index (χ4n) is 2.34. The smallest absolute Gasteiger partial charge is 0.132 e. The van der Waals surface area contributed by atoms with Gasteiger partial charge < -0.3 is 15.0 Å². The molecule has 20 heavy (non-hydrogen) atoms. The van der Waals surface area contributed by atoms with Crippen LogP contribution in [0.1, 0.15) is 31.2 Å². The number of benzene rings is 1. The second-order valence-electron chi connectivity index (χ2n) is 5.04. The Hall–Kier alpha value is -1.33. The third kappa shape index (κ3) is 2.60. The molecule has 0 bridgehead atoms. The first-order valence-electron chi connectivity index (χ1n) is 6.59. The van der Waals surface area contributed by atoms with Crippen LogP contribution in [0.2, 0.25) is 0 Å². The van der Waals surface area contributed by atoms with E-state index in [4.69, 9.17) is 10.5 Å². The van der Waals surface area contributed by atoms with Crippen molar-refractivity contribution in [3.63, 3.8) is 0 Å². The Bertz CT molecular complexity index is 620. The molecule has 0 radical (unpaired) electrons. The van der Waals surface area contributed by atoms with E-state index < -0.39 is 0 Å². The molecule has 4 nitrogen and oxygen atoms in total. The van der Waals surface area contributed by atoms with E-state index in [1.165, 1.54) is 5.56 Å². The maximum Gasteiger partial charge on any atom is 0.132 e. The van der Waals surface area contributed by atoms with Gasteiger partial charge in [-0.1, -0.05) is 13.8 Å². The lowest BCUT2D eigenvalue weighted by Crippen LogP contribution is -2.05. The molecule has 0 spiro atoms. The summed E-state index contributed by atoms with van der Waals surface area (Å²) in [5, 5.41) is 0. The summed E-state index contributed by atoms with van der Waals surface area (Å²) in [6.45, 7) is 4.73. The van der Waals surface area contributed by atoms with Crippen LogP contribution in [0.4, 0.5) is 0 Å². The summed E-state index contributed by atoms with van der Waals surface area (Å²) in [6, 6.07) is 6.21. The van der Waals surface area contributed by atoms with Gasteiger partial charge in [-0.2, -0.15) is 0 Å². The predicted octanol–water partition coefficient (Wildman–Crippen LogP) is 3.44. The molecule has 1 aromatic carbocycles. The van der Waals surface area contributed by atoms with Gasteiger partial charge in [0.25, 0.3) is 0 Å². The van der Waals surface area contributed by atoms with Gasteiger partial charge in [0.15, 0.2) is 0 Å². The van der Waals surface area contributed by atoms with E-state index in [2.05, 4.69) is 40.8 Å². The van der Waals surface area contributed by atoms with Gasteiger partial charge in [-0.05, 0) is 45.6 Å². The Morgan fingerprint density at radius 1 is 1.40 bits per heavy atom. The van der Waals surface area contributed by atoms with Crippen molar-refractivity contribution in [2.45, 2.75) is 26.3 Å². The van der Waals surface area contributed by atoms with Crippen LogP contribution in [-0.4, -0.2) is 16.7 Å². The van der Waals surface area contributed by atoms with E-state index in [0.717, 1.165) is 27.4 Å². The molecular weight excluding hydrogens is 318 g/mol. The zero-order valence-electron chi connectivity index (χ0n) is 12.3. The quantitative estimate of drug-likeness (QED) is 0.929. The third-order valence-electron chi connectivity index (χ3n) is 3.45. The Labute approximate surface area is 128 Å². The second kappa shape index (κ2) is 5.97. The van der Waals surface area contributed by atoms with Crippen molar-refractivity contribution in [1.29, 1.82) is 0 Å². The van der Waals surface area contributed by atoms with Crippen LogP contribution in [0.25, 0.3) is 11.3 Å². The van der Waals surface area contributed by atoms with Gasteiger partial charge in [-0.3, -0.25) is 0 Å². The average Bonchev–Trinajstić information content (AvgIpc) is 2.72. The van der Waals surface area contributed by atoms with Crippen LogP contribution in [0.3, 0.4) is 0 Å². The van der Waals surface area contributed by atoms with Crippen molar-refractivity contribution in [1.82, 2.24) is 9.55 Å². The summed E-state index contributed by atoms with van der Waals surface area (Å²) in [5.74, 6) is 2.17. The highest BCUT2D eigenvalue weighted by atomic mass is 79.9. The first-order valence-corrected chi connectivity index (χ1v) is 7.38. The van der Waals surface area contributed by atoms with E-state index in [1.54, 1.807) is 7.11 Å². The van der Waals surface area contributed by atoms with E-state index >= 15 is 0 Å². The molecule has 1 heterocycles. The average molecular weight is 338 g/mol. The van der Waals surface area contributed by atoms with Crippen LogP contribution >= 0.6 is 15.9 Å². The minimum Gasteiger partial charge on any atom is -0.496 e. The van der Waals surface area contributed by atoms with Crippen LogP contribution in [0, 0.1) is 0 Å². The summed E-state index contributed by atoms with van der Waals surface area (Å²) in [5.41, 5.74) is 9.04. The Morgan fingerprint density at radius 3 is 2.60 bits per heavy atom. The highest BCUT2D eigenvalue weighted by Gasteiger charge is 2.16. The molecule has 2 N–H and O–H groups in total. The van der Waals surface area contributed by atoms with Crippen molar-refractivity contribution in [3.05, 3.63) is 34.2 Å². The summed E-state index contributed by atoms with van der Waals surface area (Å²) < 4.78 is 8.27. The molecule has 2 aromatic rings. The van der Waals surface area contributed by atoms with E-state index in [0.29, 0.717) is 12.5 Å². The van der Waals surface area contributed by atoms with Crippen LogP contribution in [0.5, 0.6) is 5.75 Å². The lowest BCUT2D eigenvalue weighted by molar-refractivity contribution is 0.407. The maximum absolute atomic E-state index is 5.71. The van der Waals surface area contributed by atoms with Gasteiger partial charge in [-0.25, -0.2) is 4.98 Å². The fraction of sp³-hybridized carbons (Fsp3) is 0.400. The highest BCUT2D eigenvalue weighted by Crippen LogP contribution is 2.34. The predicted molar refractivity (Wildman–Crippen MR) is 84.9 cm³/mol.